The summed E-state index contributed by atoms with van der Waals surface area (Å²) in [5.74, 6) is -0.0989. The summed E-state index contributed by atoms with van der Waals surface area (Å²) in [6.07, 6.45) is 6.95. The summed E-state index contributed by atoms with van der Waals surface area (Å²) in [5, 5.41) is 14.2. The molecule has 1 aliphatic carbocycles. The molecule has 0 spiro atoms. The van der Waals surface area contributed by atoms with E-state index in [1.54, 1.807) is 30.4 Å². The number of carbonyl (C=O) groups is 1. The fourth-order valence-electron chi connectivity index (χ4n) is 3.60. The summed E-state index contributed by atoms with van der Waals surface area (Å²) >= 11 is 1.58. The predicted molar refractivity (Wildman–Crippen MR) is 116 cm³/mol. The van der Waals surface area contributed by atoms with Crippen molar-refractivity contribution in [3.05, 3.63) is 50.9 Å². The Morgan fingerprint density at radius 1 is 1.40 bits per heavy atom. The number of methoxy groups -OCH3 is 1. The van der Waals surface area contributed by atoms with Crippen molar-refractivity contribution in [2.75, 3.05) is 7.11 Å². The Balaban J connectivity index is 1.53. The predicted octanol–water partition coefficient (Wildman–Crippen LogP) is 2.76. The van der Waals surface area contributed by atoms with E-state index in [4.69, 9.17) is 4.74 Å². The van der Waals surface area contributed by atoms with Crippen LogP contribution in [0.3, 0.4) is 0 Å². The Labute approximate surface area is 176 Å². The summed E-state index contributed by atoms with van der Waals surface area (Å²) in [5.41, 5.74) is 4.01. The number of hydrogen-bond donors (Lipinski definition) is 2. The molecule has 0 radical (unpaired) electrons. The van der Waals surface area contributed by atoms with Gasteiger partial charge in [-0.3, -0.25) is 14.2 Å². The molecule has 3 aromatic rings. The van der Waals surface area contributed by atoms with E-state index in [-0.39, 0.29) is 11.3 Å². The minimum atomic E-state index is -0.764. The number of nitrogens with one attached hydrogen (secondary N) is 1. The number of aryl methyl sites for hydroxylation is 2. The molecule has 1 aliphatic rings. The molecule has 0 unspecified atom stereocenters. The van der Waals surface area contributed by atoms with E-state index in [1.807, 2.05) is 0 Å². The van der Waals surface area contributed by atoms with Crippen molar-refractivity contribution in [1.29, 1.82) is 0 Å². The second kappa shape index (κ2) is 8.27. The van der Waals surface area contributed by atoms with E-state index in [1.165, 1.54) is 35.2 Å². The van der Waals surface area contributed by atoms with Crippen molar-refractivity contribution in [2.24, 2.45) is 5.10 Å². The van der Waals surface area contributed by atoms with Crippen molar-refractivity contribution in [3.8, 4) is 11.5 Å². The Kier molecular flexibility index (Phi) is 5.54. The third-order valence-corrected chi connectivity index (χ3v) is 6.49. The van der Waals surface area contributed by atoms with Gasteiger partial charge in [-0.05, 0) is 61.9 Å². The van der Waals surface area contributed by atoms with Crippen LogP contribution in [0.1, 0.15) is 41.8 Å². The molecule has 0 saturated carbocycles. The lowest BCUT2D eigenvalue weighted by Crippen LogP contribution is -2.34. The van der Waals surface area contributed by atoms with E-state index in [9.17, 15) is 14.7 Å². The number of phenolic OH excluding ortho intramolecular Hbond substituents is 1. The van der Waals surface area contributed by atoms with Gasteiger partial charge in [0.05, 0.1) is 25.0 Å². The van der Waals surface area contributed by atoms with Crippen molar-refractivity contribution >= 4 is 33.7 Å². The molecular formula is C21H22N4O4S. The number of benzene rings is 1. The van der Waals surface area contributed by atoms with Crippen LogP contribution in [0.25, 0.3) is 10.2 Å². The van der Waals surface area contributed by atoms with Gasteiger partial charge in [0.15, 0.2) is 11.5 Å². The molecule has 8 nitrogen and oxygen atoms in total. The smallest absolute Gasteiger partial charge is 0.263 e. The van der Waals surface area contributed by atoms with Crippen LogP contribution >= 0.6 is 11.3 Å². The molecule has 2 N–H and O–H groups in total. The number of carbonyl (C=O) groups excluding carboxylic acids is 1. The molecule has 4 rings (SSSR count). The van der Waals surface area contributed by atoms with Gasteiger partial charge in [-0.25, -0.2) is 10.4 Å². The topological polar surface area (TPSA) is 106 Å². The monoisotopic (exact) mass is 426 g/mol. The van der Waals surface area contributed by atoms with Gasteiger partial charge in [0, 0.05) is 4.88 Å². The van der Waals surface area contributed by atoms with Crippen LogP contribution in [0.5, 0.6) is 11.5 Å². The molecule has 2 heterocycles. The van der Waals surface area contributed by atoms with Gasteiger partial charge in [0.25, 0.3) is 11.5 Å². The Morgan fingerprint density at radius 3 is 3.00 bits per heavy atom. The van der Waals surface area contributed by atoms with E-state index >= 15 is 0 Å². The number of ether oxygens (including phenoxy) is 1. The maximum atomic E-state index is 13.1. The second-order valence-corrected chi connectivity index (χ2v) is 8.27. The summed E-state index contributed by atoms with van der Waals surface area (Å²) in [4.78, 5) is 32.0. The van der Waals surface area contributed by atoms with Crippen LogP contribution in [0.2, 0.25) is 0 Å². The van der Waals surface area contributed by atoms with E-state index < -0.39 is 11.9 Å². The zero-order valence-corrected chi connectivity index (χ0v) is 17.5. The zero-order valence-electron chi connectivity index (χ0n) is 16.7. The van der Waals surface area contributed by atoms with Crippen molar-refractivity contribution < 1.29 is 14.6 Å². The molecule has 1 amide bonds. The lowest BCUT2D eigenvalue weighted by atomic mass is 9.97. The number of amides is 1. The van der Waals surface area contributed by atoms with Gasteiger partial charge in [-0.15, -0.1) is 11.3 Å². The molecule has 1 atom stereocenters. The highest BCUT2D eigenvalue weighted by Gasteiger charge is 2.23. The van der Waals surface area contributed by atoms with Crippen molar-refractivity contribution in [2.45, 2.75) is 38.6 Å². The highest BCUT2D eigenvalue weighted by Crippen LogP contribution is 2.33. The van der Waals surface area contributed by atoms with Gasteiger partial charge >= 0.3 is 0 Å². The fourth-order valence-corrected chi connectivity index (χ4v) is 4.82. The first-order valence-electron chi connectivity index (χ1n) is 9.71. The molecule has 30 heavy (non-hydrogen) atoms. The SMILES string of the molecule is COc1cc(C=NNC(=O)[C@@H](C)n2cnc3sc4c(c3c2=O)CCCC4)ccc1O. The van der Waals surface area contributed by atoms with E-state index in [0.717, 1.165) is 36.1 Å². The third-order valence-electron chi connectivity index (χ3n) is 5.29. The minimum Gasteiger partial charge on any atom is -0.504 e. The summed E-state index contributed by atoms with van der Waals surface area (Å²) < 4.78 is 6.41. The highest BCUT2D eigenvalue weighted by atomic mass is 32.1. The van der Waals surface area contributed by atoms with Gasteiger partial charge in [-0.2, -0.15) is 5.10 Å². The van der Waals surface area contributed by atoms with Crippen LogP contribution in [0.4, 0.5) is 0 Å². The normalized spacial score (nSPS) is 14.6. The molecule has 0 aliphatic heterocycles. The number of hydrazone groups is 1. The largest absolute Gasteiger partial charge is 0.504 e. The molecule has 9 heteroatoms. The number of fused-ring (bicyclic) bond motifs is 3. The first-order chi connectivity index (χ1) is 14.5. The second-order valence-electron chi connectivity index (χ2n) is 7.19. The summed E-state index contributed by atoms with van der Waals surface area (Å²) in [7, 11) is 1.45. The van der Waals surface area contributed by atoms with Crippen LogP contribution in [-0.4, -0.2) is 33.9 Å². The molecule has 0 bridgehead atoms. The first kappa shape index (κ1) is 20.1. The summed E-state index contributed by atoms with van der Waals surface area (Å²) in [6, 6.07) is 3.95. The lowest BCUT2D eigenvalue weighted by molar-refractivity contribution is -0.123. The molecule has 2 aromatic heterocycles. The quantitative estimate of drug-likeness (QED) is 0.482. The fraction of sp³-hybridized carbons (Fsp3) is 0.333. The Bertz CT molecular complexity index is 1200. The zero-order chi connectivity index (χ0) is 21.3. The number of hydrogen-bond acceptors (Lipinski definition) is 7. The maximum absolute atomic E-state index is 13.1. The van der Waals surface area contributed by atoms with Gasteiger partial charge in [0.2, 0.25) is 0 Å². The van der Waals surface area contributed by atoms with Gasteiger partial charge in [0.1, 0.15) is 10.9 Å². The van der Waals surface area contributed by atoms with Crippen LogP contribution in [0, 0.1) is 0 Å². The number of rotatable bonds is 5. The standard InChI is InChI=1S/C21H22N4O4S/c1-12(19(27)24-23-10-13-7-8-15(26)16(9-13)29-2)25-11-22-20-18(21(25)28)14-5-3-4-6-17(14)30-20/h7-12,26H,3-6H2,1-2H3,(H,24,27)/t12-/m1/s1. The van der Waals surface area contributed by atoms with Gasteiger partial charge in [-0.1, -0.05) is 0 Å². The maximum Gasteiger partial charge on any atom is 0.263 e. The number of aromatic hydroxyl groups is 1. The Morgan fingerprint density at radius 2 is 2.20 bits per heavy atom. The van der Waals surface area contributed by atoms with Crippen molar-refractivity contribution in [3.63, 3.8) is 0 Å². The van der Waals surface area contributed by atoms with Crippen molar-refractivity contribution in [1.82, 2.24) is 15.0 Å². The third kappa shape index (κ3) is 3.68. The number of nitrogens with zero attached hydrogens (tertiary/aromatic N) is 3. The minimum absolute atomic E-state index is 0.0187. The number of phenols is 1. The Hall–Kier alpha value is -3.20. The highest BCUT2D eigenvalue weighted by molar-refractivity contribution is 7.18. The average molecular weight is 426 g/mol. The summed E-state index contributed by atoms with van der Waals surface area (Å²) in [6.45, 7) is 1.64. The van der Waals surface area contributed by atoms with Crippen LogP contribution in [-0.2, 0) is 17.6 Å². The van der Waals surface area contributed by atoms with E-state index in [0.29, 0.717) is 16.7 Å². The van der Waals surface area contributed by atoms with Crippen LogP contribution < -0.4 is 15.7 Å². The first-order valence-corrected chi connectivity index (χ1v) is 10.5. The average Bonchev–Trinajstić information content (AvgIpc) is 3.14. The van der Waals surface area contributed by atoms with Gasteiger partial charge < -0.3 is 9.84 Å². The van der Waals surface area contributed by atoms with E-state index in [2.05, 4.69) is 15.5 Å². The molecule has 156 valence electrons. The lowest BCUT2D eigenvalue weighted by Gasteiger charge is -2.14. The molecule has 1 aromatic carbocycles. The number of thiophene rings is 1. The number of aromatic nitrogens is 2. The molecule has 0 saturated heterocycles. The van der Waals surface area contributed by atoms with Crippen LogP contribution in [0.15, 0.2) is 34.4 Å². The molecule has 0 fully saturated rings. The molecular weight excluding hydrogens is 404 g/mol.